The van der Waals surface area contributed by atoms with Crippen LogP contribution in [0.2, 0.25) is 0 Å². The summed E-state index contributed by atoms with van der Waals surface area (Å²) in [5, 5.41) is 0. The summed E-state index contributed by atoms with van der Waals surface area (Å²) in [6.45, 7) is 4.27. The van der Waals surface area contributed by atoms with E-state index in [1.807, 2.05) is 21.1 Å². The summed E-state index contributed by atoms with van der Waals surface area (Å²) in [4.78, 5) is 37.6. The molecule has 0 aliphatic heterocycles. The van der Waals surface area contributed by atoms with E-state index in [-0.39, 0.29) is 32.0 Å². The second-order valence-corrected chi connectivity index (χ2v) is 20.0. The Balaban J connectivity index is 4.11. The zero-order chi connectivity index (χ0) is 43.6. The van der Waals surface area contributed by atoms with E-state index in [4.69, 9.17) is 18.5 Å². The molecule has 0 bridgehead atoms. The maximum absolute atomic E-state index is 12.7. The molecule has 0 fully saturated rings. The van der Waals surface area contributed by atoms with Crippen LogP contribution in [0.1, 0.15) is 251 Å². The predicted molar refractivity (Wildman–Crippen MR) is 245 cm³/mol. The van der Waals surface area contributed by atoms with Gasteiger partial charge in [0.1, 0.15) is 19.8 Å². The van der Waals surface area contributed by atoms with Gasteiger partial charge in [-0.2, -0.15) is 0 Å². The standard InChI is InChI=1S/C49H98NO8P/c1-6-8-10-12-14-16-18-20-21-22-23-24-25-26-27-28-29-30-32-33-35-37-39-41-48(51)55-45-47(46-57-59(53,54)56-44-43-50(3,4)5)58-49(52)42-40-38-36-34-31-19-17-15-13-11-9-7-2/h47H,6-46H2,1-5H3. The van der Waals surface area contributed by atoms with E-state index in [9.17, 15) is 19.0 Å². The maximum Gasteiger partial charge on any atom is 0.306 e. The molecule has 0 N–H and O–H groups in total. The van der Waals surface area contributed by atoms with E-state index < -0.39 is 26.5 Å². The van der Waals surface area contributed by atoms with Crippen LogP contribution in [0, 0.1) is 0 Å². The Hall–Kier alpha value is -0.990. The predicted octanol–water partition coefficient (Wildman–Crippen LogP) is 14.1. The van der Waals surface area contributed by atoms with Crippen molar-refractivity contribution in [1.82, 2.24) is 0 Å². The molecule has 0 rings (SSSR count). The second kappa shape index (κ2) is 42.3. The Morgan fingerprint density at radius 1 is 0.458 bits per heavy atom. The molecule has 59 heavy (non-hydrogen) atoms. The highest BCUT2D eigenvalue weighted by Gasteiger charge is 2.21. The third-order valence-electron chi connectivity index (χ3n) is 11.4. The highest BCUT2D eigenvalue weighted by molar-refractivity contribution is 7.45. The fourth-order valence-electron chi connectivity index (χ4n) is 7.42. The van der Waals surface area contributed by atoms with Gasteiger partial charge in [0.2, 0.25) is 0 Å². The zero-order valence-corrected chi connectivity index (χ0v) is 40.6. The number of esters is 2. The number of hydrogen-bond donors (Lipinski definition) is 0. The van der Waals surface area contributed by atoms with E-state index in [0.29, 0.717) is 17.4 Å². The number of phosphoric ester groups is 1. The van der Waals surface area contributed by atoms with Gasteiger partial charge in [0.25, 0.3) is 7.82 Å². The molecule has 352 valence electrons. The third kappa shape index (κ3) is 46.3. The number of phosphoric acid groups is 1. The van der Waals surface area contributed by atoms with Gasteiger partial charge in [0.15, 0.2) is 6.10 Å². The summed E-state index contributed by atoms with van der Waals surface area (Å²) < 4.78 is 34.0. The Kier molecular flexibility index (Phi) is 41.6. The first-order chi connectivity index (χ1) is 28.5. The van der Waals surface area contributed by atoms with Crippen molar-refractivity contribution in [3.8, 4) is 0 Å². The van der Waals surface area contributed by atoms with Crippen molar-refractivity contribution in [2.75, 3.05) is 47.5 Å². The van der Waals surface area contributed by atoms with Crippen molar-refractivity contribution >= 4 is 19.8 Å². The number of rotatable bonds is 47. The van der Waals surface area contributed by atoms with Crippen LogP contribution >= 0.6 is 7.82 Å². The number of carbonyl (C=O) groups excluding carboxylic acids is 2. The zero-order valence-electron chi connectivity index (χ0n) is 39.7. The van der Waals surface area contributed by atoms with E-state index in [1.165, 1.54) is 186 Å². The van der Waals surface area contributed by atoms with Gasteiger partial charge in [-0.25, -0.2) is 0 Å². The van der Waals surface area contributed by atoms with Gasteiger partial charge in [0.05, 0.1) is 27.7 Å². The Bertz CT molecular complexity index is 974. The maximum atomic E-state index is 12.7. The molecule has 0 amide bonds. The molecule has 0 aromatic heterocycles. The number of nitrogens with zero attached hydrogens (tertiary/aromatic N) is 1. The summed E-state index contributed by atoms with van der Waals surface area (Å²) in [5.41, 5.74) is 0. The molecule has 0 saturated carbocycles. The molecule has 0 aromatic rings. The lowest BCUT2D eigenvalue weighted by molar-refractivity contribution is -0.870. The Morgan fingerprint density at radius 2 is 0.763 bits per heavy atom. The van der Waals surface area contributed by atoms with Crippen LogP contribution < -0.4 is 4.89 Å². The minimum Gasteiger partial charge on any atom is -0.756 e. The van der Waals surface area contributed by atoms with E-state index in [1.54, 1.807) is 0 Å². The minimum absolute atomic E-state index is 0.0256. The third-order valence-corrected chi connectivity index (χ3v) is 12.3. The van der Waals surface area contributed by atoms with Crippen molar-refractivity contribution in [3.63, 3.8) is 0 Å². The first-order valence-corrected chi connectivity index (χ1v) is 26.7. The lowest BCUT2D eigenvalue weighted by Crippen LogP contribution is -2.37. The largest absolute Gasteiger partial charge is 0.756 e. The summed E-state index contributed by atoms with van der Waals surface area (Å²) in [7, 11) is 1.18. The van der Waals surface area contributed by atoms with Gasteiger partial charge in [0, 0.05) is 12.8 Å². The lowest BCUT2D eigenvalue weighted by Gasteiger charge is -2.28. The van der Waals surface area contributed by atoms with Gasteiger partial charge in [-0.3, -0.25) is 14.2 Å². The van der Waals surface area contributed by atoms with Crippen LogP contribution in [-0.2, 0) is 32.7 Å². The minimum atomic E-state index is -4.62. The van der Waals surface area contributed by atoms with Crippen LogP contribution in [0.3, 0.4) is 0 Å². The van der Waals surface area contributed by atoms with Crippen LogP contribution in [0.15, 0.2) is 0 Å². The Labute approximate surface area is 365 Å². The molecule has 0 aromatic carbocycles. The van der Waals surface area contributed by atoms with Crippen LogP contribution in [0.25, 0.3) is 0 Å². The first-order valence-electron chi connectivity index (χ1n) is 25.2. The molecule has 0 aliphatic carbocycles. The number of likely N-dealkylation sites (N-methyl/N-ethyl adjacent to an activating group) is 1. The lowest BCUT2D eigenvalue weighted by atomic mass is 10.0. The fraction of sp³-hybridized carbons (Fsp3) is 0.959. The summed E-state index contributed by atoms with van der Waals surface area (Å²) in [5.74, 6) is -0.816. The normalized spacial score (nSPS) is 13.4. The molecule has 0 saturated heterocycles. The van der Waals surface area contributed by atoms with E-state index in [2.05, 4.69) is 13.8 Å². The van der Waals surface area contributed by atoms with E-state index in [0.717, 1.165) is 32.1 Å². The average Bonchev–Trinajstić information content (AvgIpc) is 3.19. The number of ether oxygens (including phenoxy) is 2. The van der Waals surface area contributed by atoms with Gasteiger partial charge in [-0.15, -0.1) is 0 Å². The first kappa shape index (κ1) is 58.0. The molecule has 0 aliphatic rings. The van der Waals surface area contributed by atoms with Crippen LogP contribution in [0.5, 0.6) is 0 Å². The van der Waals surface area contributed by atoms with Crippen molar-refractivity contribution in [1.29, 1.82) is 0 Å². The quantitative estimate of drug-likeness (QED) is 0.0257. The summed E-state index contributed by atoms with van der Waals surface area (Å²) in [6.07, 6.45) is 44.2. The number of unbranched alkanes of at least 4 members (excludes halogenated alkanes) is 33. The molecule has 0 spiro atoms. The molecule has 10 heteroatoms. The average molecular weight is 860 g/mol. The van der Waals surface area contributed by atoms with Crippen molar-refractivity contribution in [2.24, 2.45) is 0 Å². The smallest absolute Gasteiger partial charge is 0.306 e. The van der Waals surface area contributed by atoms with Gasteiger partial charge in [-0.05, 0) is 12.8 Å². The topological polar surface area (TPSA) is 111 Å². The van der Waals surface area contributed by atoms with Crippen molar-refractivity contribution < 1.29 is 42.1 Å². The molecule has 2 unspecified atom stereocenters. The molecule has 0 radical (unpaired) electrons. The fourth-order valence-corrected chi connectivity index (χ4v) is 8.15. The number of quaternary nitrogens is 1. The molecule has 9 nitrogen and oxygen atoms in total. The van der Waals surface area contributed by atoms with Gasteiger partial charge >= 0.3 is 11.9 Å². The molecule has 2 atom stereocenters. The second-order valence-electron chi connectivity index (χ2n) is 18.6. The SMILES string of the molecule is CCCCCCCCCCCCCCCCCCCCCCCCCC(=O)OCC(COP(=O)([O-])OCC[N+](C)(C)C)OC(=O)CCCCCCCCCCCCCC. The monoisotopic (exact) mass is 860 g/mol. The van der Waals surface area contributed by atoms with Gasteiger partial charge in [-0.1, -0.05) is 226 Å². The van der Waals surface area contributed by atoms with Crippen LogP contribution in [-0.4, -0.2) is 70.0 Å². The summed E-state index contributed by atoms with van der Waals surface area (Å²) >= 11 is 0. The molecular formula is C49H98NO8P. The van der Waals surface area contributed by atoms with Crippen LogP contribution in [0.4, 0.5) is 0 Å². The number of carbonyl (C=O) groups is 2. The highest BCUT2D eigenvalue weighted by Crippen LogP contribution is 2.38. The van der Waals surface area contributed by atoms with Crippen molar-refractivity contribution in [2.45, 2.75) is 258 Å². The number of hydrogen-bond acceptors (Lipinski definition) is 8. The van der Waals surface area contributed by atoms with Crippen molar-refractivity contribution in [3.05, 3.63) is 0 Å². The van der Waals surface area contributed by atoms with Gasteiger partial charge < -0.3 is 27.9 Å². The van der Waals surface area contributed by atoms with E-state index >= 15 is 0 Å². The Morgan fingerprint density at radius 3 is 1.08 bits per heavy atom. The molecular weight excluding hydrogens is 762 g/mol. The highest BCUT2D eigenvalue weighted by atomic mass is 31.2. The summed E-state index contributed by atoms with van der Waals surface area (Å²) in [6, 6.07) is 0. The molecule has 0 heterocycles.